The molecule has 8 nitrogen and oxygen atoms in total. The number of hydrogen-bond donors (Lipinski definition) is 1. The minimum absolute atomic E-state index is 0.160. The SMILES string of the molecule is CC[C@@H](C(=O)Nc1cc([N+](=O)[O-])ccc1C)N(c1cccc(C)c1)S(C)(=O)=O. The van der Waals surface area contributed by atoms with Crippen molar-refractivity contribution in [3.05, 3.63) is 63.7 Å². The van der Waals surface area contributed by atoms with E-state index in [9.17, 15) is 23.3 Å². The molecule has 0 radical (unpaired) electrons. The molecule has 0 saturated carbocycles. The second-order valence-electron chi connectivity index (χ2n) is 6.57. The summed E-state index contributed by atoms with van der Waals surface area (Å²) in [5, 5.41) is 13.6. The predicted molar refractivity (Wildman–Crippen MR) is 109 cm³/mol. The number of non-ortho nitro benzene ring substituents is 1. The highest BCUT2D eigenvalue weighted by molar-refractivity contribution is 7.92. The Hall–Kier alpha value is -2.94. The minimum Gasteiger partial charge on any atom is -0.324 e. The maximum Gasteiger partial charge on any atom is 0.271 e. The Labute approximate surface area is 164 Å². The van der Waals surface area contributed by atoms with Crippen LogP contribution < -0.4 is 9.62 Å². The van der Waals surface area contributed by atoms with Crippen molar-refractivity contribution in [3.8, 4) is 0 Å². The van der Waals surface area contributed by atoms with Crippen molar-refractivity contribution in [3.63, 3.8) is 0 Å². The number of amides is 1. The van der Waals surface area contributed by atoms with E-state index >= 15 is 0 Å². The third-order valence-corrected chi connectivity index (χ3v) is 5.46. The lowest BCUT2D eigenvalue weighted by molar-refractivity contribution is -0.384. The Balaban J connectivity index is 2.43. The molecule has 0 bridgehead atoms. The van der Waals surface area contributed by atoms with Crippen molar-refractivity contribution in [2.24, 2.45) is 0 Å². The molecule has 2 aromatic carbocycles. The summed E-state index contributed by atoms with van der Waals surface area (Å²) < 4.78 is 26.0. The second-order valence-corrected chi connectivity index (χ2v) is 8.43. The third-order valence-electron chi connectivity index (χ3n) is 4.28. The molecule has 0 heterocycles. The van der Waals surface area contributed by atoms with Crippen LogP contribution in [0.3, 0.4) is 0 Å². The summed E-state index contributed by atoms with van der Waals surface area (Å²) >= 11 is 0. The molecule has 150 valence electrons. The van der Waals surface area contributed by atoms with E-state index in [-0.39, 0.29) is 17.8 Å². The summed E-state index contributed by atoms with van der Waals surface area (Å²) in [5.74, 6) is -0.557. The Bertz CT molecular complexity index is 1000. The lowest BCUT2D eigenvalue weighted by atomic mass is 10.1. The lowest BCUT2D eigenvalue weighted by Crippen LogP contribution is -2.47. The fourth-order valence-corrected chi connectivity index (χ4v) is 4.10. The van der Waals surface area contributed by atoms with Gasteiger partial charge in [0.2, 0.25) is 15.9 Å². The van der Waals surface area contributed by atoms with E-state index in [1.807, 2.05) is 13.0 Å². The van der Waals surface area contributed by atoms with Crippen LogP contribution in [-0.2, 0) is 14.8 Å². The van der Waals surface area contributed by atoms with E-state index in [4.69, 9.17) is 0 Å². The van der Waals surface area contributed by atoms with Gasteiger partial charge < -0.3 is 5.32 Å². The molecular weight excluding hydrogens is 382 g/mol. The van der Waals surface area contributed by atoms with E-state index in [0.717, 1.165) is 16.1 Å². The molecule has 1 N–H and O–H groups in total. The molecule has 0 aliphatic heterocycles. The molecule has 1 atom stereocenters. The number of nitrogens with one attached hydrogen (secondary N) is 1. The van der Waals surface area contributed by atoms with Crippen molar-refractivity contribution in [2.45, 2.75) is 33.2 Å². The average Bonchev–Trinajstić information content (AvgIpc) is 2.59. The van der Waals surface area contributed by atoms with Gasteiger partial charge in [0.15, 0.2) is 0 Å². The molecule has 2 aromatic rings. The van der Waals surface area contributed by atoms with Crippen molar-refractivity contribution >= 4 is 33.0 Å². The number of nitro groups is 1. The molecule has 0 aliphatic carbocycles. The van der Waals surface area contributed by atoms with Gasteiger partial charge in [0.05, 0.1) is 22.6 Å². The van der Waals surface area contributed by atoms with Crippen molar-refractivity contribution < 1.29 is 18.1 Å². The van der Waals surface area contributed by atoms with Gasteiger partial charge in [-0.3, -0.25) is 19.2 Å². The zero-order valence-corrected chi connectivity index (χ0v) is 17.0. The molecule has 28 heavy (non-hydrogen) atoms. The number of benzene rings is 2. The number of rotatable bonds is 7. The van der Waals surface area contributed by atoms with Crippen LogP contribution in [0.15, 0.2) is 42.5 Å². The zero-order valence-electron chi connectivity index (χ0n) is 16.2. The van der Waals surface area contributed by atoms with Gasteiger partial charge in [-0.05, 0) is 43.5 Å². The van der Waals surface area contributed by atoms with Crippen LogP contribution in [0.1, 0.15) is 24.5 Å². The molecule has 9 heteroatoms. The Kier molecular flexibility index (Phi) is 6.40. The number of sulfonamides is 1. The van der Waals surface area contributed by atoms with Crippen LogP contribution >= 0.6 is 0 Å². The quantitative estimate of drug-likeness (QED) is 0.561. The second kappa shape index (κ2) is 8.39. The van der Waals surface area contributed by atoms with E-state index in [2.05, 4.69) is 5.32 Å². The number of hydrogen-bond acceptors (Lipinski definition) is 5. The summed E-state index contributed by atoms with van der Waals surface area (Å²) in [4.78, 5) is 23.4. The number of nitrogens with zero attached hydrogens (tertiary/aromatic N) is 2. The van der Waals surface area contributed by atoms with Crippen molar-refractivity contribution in [2.75, 3.05) is 15.9 Å². The maximum absolute atomic E-state index is 12.9. The standard InChI is InChI=1S/C19H23N3O5S/c1-5-18(21(28(4,26)27)15-8-6-7-13(2)11-15)19(23)20-17-12-16(22(24)25)10-9-14(17)3/h6-12,18H,5H2,1-4H3,(H,20,23)/t18-/m0/s1. The Morgan fingerprint density at radius 3 is 2.43 bits per heavy atom. The van der Waals surface area contributed by atoms with Crippen LogP contribution in [0.4, 0.5) is 17.1 Å². The van der Waals surface area contributed by atoms with Crippen LogP contribution in [0.5, 0.6) is 0 Å². The molecule has 0 aliphatic rings. The van der Waals surface area contributed by atoms with E-state index in [1.54, 1.807) is 32.0 Å². The predicted octanol–water partition coefficient (Wildman–Crippen LogP) is 3.39. The first-order chi connectivity index (χ1) is 13.0. The van der Waals surface area contributed by atoms with E-state index in [1.165, 1.54) is 18.2 Å². The van der Waals surface area contributed by atoms with Gasteiger partial charge >= 0.3 is 0 Å². The lowest BCUT2D eigenvalue weighted by Gasteiger charge is -2.30. The molecule has 1 amide bonds. The first-order valence-electron chi connectivity index (χ1n) is 8.66. The van der Waals surface area contributed by atoms with E-state index < -0.39 is 26.9 Å². The number of carbonyl (C=O) groups is 1. The first kappa shape index (κ1) is 21.4. The Morgan fingerprint density at radius 1 is 1.21 bits per heavy atom. The smallest absolute Gasteiger partial charge is 0.271 e. The highest BCUT2D eigenvalue weighted by atomic mass is 32.2. The number of aryl methyl sites for hydroxylation is 2. The highest BCUT2D eigenvalue weighted by Gasteiger charge is 2.32. The molecule has 0 spiro atoms. The average molecular weight is 405 g/mol. The molecular formula is C19H23N3O5S. The summed E-state index contributed by atoms with van der Waals surface area (Å²) in [6.45, 7) is 5.24. The largest absolute Gasteiger partial charge is 0.324 e. The Morgan fingerprint density at radius 2 is 1.89 bits per heavy atom. The zero-order chi connectivity index (χ0) is 21.1. The van der Waals surface area contributed by atoms with Gasteiger partial charge in [-0.15, -0.1) is 0 Å². The summed E-state index contributed by atoms with van der Waals surface area (Å²) in [5.41, 5.74) is 1.99. The van der Waals surface area contributed by atoms with Crippen LogP contribution in [0.2, 0.25) is 0 Å². The van der Waals surface area contributed by atoms with Gasteiger partial charge in [-0.25, -0.2) is 8.42 Å². The van der Waals surface area contributed by atoms with Crippen LogP contribution in [0, 0.1) is 24.0 Å². The van der Waals surface area contributed by atoms with Crippen LogP contribution in [-0.4, -0.2) is 31.5 Å². The maximum atomic E-state index is 12.9. The fraction of sp³-hybridized carbons (Fsp3) is 0.316. The topological polar surface area (TPSA) is 110 Å². The van der Waals surface area contributed by atoms with Crippen LogP contribution in [0.25, 0.3) is 0 Å². The van der Waals surface area contributed by atoms with Gasteiger partial charge in [0, 0.05) is 12.1 Å². The highest BCUT2D eigenvalue weighted by Crippen LogP contribution is 2.26. The van der Waals surface area contributed by atoms with Crippen molar-refractivity contribution in [1.82, 2.24) is 0 Å². The third kappa shape index (κ3) is 4.86. The number of carbonyl (C=O) groups excluding carboxylic acids is 1. The minimum atomic E-state index is -3.75. The molecule has 2 rings (SSSR count). The van der Waals surface area contributed by atoms with Crippen molar-refractivity contribution in [1.29, 1.82) is 0 Å². The van der Waals surface area contributed by atoms with Gasteiger partial charge in [-0.1, -0.05) is 25.1 Å². The normalized spacial score (nSPS) is 12.3. The van der Waals surface area contributed by atoms with Gasteiger partial charge in [0.1, 0.15) is 6.04 Å². The fourth-order valence-electron chi connectivity index (χ4n) is 2.90. The summed E-state index contributed by atoms with van der Waals surface area (Å²) in [6.07, 6.45) is 1.27. The molecule has 0 unspecified atom stereocenters. The van der Waals surface area contributed by atoms with E-state index in [0.29, 0.717) is 11.3 Å². The molecule has 0 aromatic heterocycles. The molecule has 0 saturated heterocycles. The first-order valence-corrected chi connectivity index (χ1v) is 10.5. The van der Waals surface area contributed by atoms with Gasteiger partial charge in [-0.2, -0.15) is 0 Å². The van der Waals surface area contributed by atoms with Gasteiger partial charge in [0.25, 0.3) is 5.69 Å². The number of anilines is 2. The molecule has 0 fully saturated rings. The number of nitro benzene ring substituents is 1. The summed E-state index contributed by atoms with van der Waals surface area (Å²) in [7, 11) is -3.75. The monoisotopic (exact) mass is 405 g/mol. The summed E-state index contributed by atoms with van der Waals surface area (Å²) in [6, 6.07) is 10.0.